The van der Waals surface area contributed by atoms with Crippen LogP contribution in [-0.2, 0) is 21.3 Å². The molecule has 8 nitrogen and oxygen atoms in total. The summed E-state index contributed by atoms with van der Waals surface area (Å²) in [5, 5.41) is 2.88. The predicted molar refractivity (Wildman–Crippen MR) is 127 cm³/mol. The highest BCUT2D eigenvalue weighted by Crippen LogP contribution is 2.22. The van der Waals surface area contributed by atoms with Gasteiger partial charge in [-0.15, -0.1) is 0 Å². The molecular weight excluding hydrogens is 440 g/mol. The summed E-state index contributed by atoms with van der Waals surface area (Å²) < 4.78 is 32.4. The summed E-state index contributed by atoms with van der Waals surface area (Å²) in [6, 6.07) is 18.6. The molecule has 0 bridgehead atoms. The van der Waals surface area contributed by atoms with Crippen molar-refractivity contribution in [1.29, 1.82) is 0 Å². The van der Waals surface area contributed by atoms with E-state index in [1.807, 2.05) is 18.2 Å². The van der Waals surface area contributed by atoms with Crippen LogP contribution in [0.5, 0.6) is 0 Å². The van der Waals surface area contributed by atoms with Gasteiger partial charge in [-0.1, -0.05) is 18.2 Å². The number of aromatic nitrogens is 1. The van der Waals surface area contributed by atoms with Crippen LogP contribution in [0.3, 0.4) is 0 Å². The van der Waals surface area contributed by atoms with Crippen LogP contribution in [0.2, 0.25) is 0 Å². The fourth-order valence-corrected chi connectivity index (χ4v) is 4.73. The van der Waals surface area contributed by atoms with Crippen LogP contribution in [0, 0.1) is 0 Å². The number of anilines is 2. The topological polar surface area (TPSA) is 91.8 Å². The molecule has 1 amide bonds. The highest BCUT2D eigenvalue weighted by Gasteiger charge is 2.21. The molecule has 33 heavy (non-hydrogen) atoms. The Morgan fingerprint density at radius 1 is 1.06 bits per heavy atom. The molecule has 172 valence electrons. The first-order valence-electron chi connectivity index (χ1n) is 10.6. The molecule has 1 N–H and O–H groups in total. The second kappa shape index (κ2) is 10.0. The monoisotopic (exact) mass is 466 g/mol. The van der Waals surface area contributed by atoms with Gasteiger partial charge in [0, 0.05) is 38.4 Å². The maximum absolute atomic E-state index is 12.9. The molecule has 0 unspecified atom stereocenters. The zero-order chi connectivity index (χ0) is 23.3. The van der Waals surface area contributed by atoms with E-state index in [-0.39, 0.29) is 10.8 Å². The van der Waals surface area contributed by atoms with Crippen LogP contribution >= 0.6 is 0 Å². The number of nitrogens with zero attached hydrogens (tertiary/aromatic N) is 3. The molecular formula is C24H26N4O4S. The van der Waals surface area contributed by atoms with E-state index in [1.54, 1.807) is 30.5 Å². The number of nitrogens with one attached hydrogen (secondary N) is 1. The first-order valence-corrected chi connectivity index (χ1v) is 12.1. The second-order valence-electron chi connectivity index (χ2n) is 7.64. The fraction of sp³-hybridized carbons (Fsp3) is 0.250. The Morgan fingerprint density at radius 3 is 2.45 bits per heavy atom. The van der Waals surface area contributed by atoms with Gasteiger partial charge in [0.25, 0.3) is 15.9 Å². The Balaban J connectivity index is 1.40. The molecule has 1 aliphatic rings. The van der Waals surface area contributed by atoms with Gasteiger partial charge < -0.3 is 15.0 Å². The second-order valence-corrected chi connectivity index (χ2v) is 9.61. The van der Waals surface area contributed by atoms with E-state index in [1.165, 1.54) is 35.6 Å². The summed E-state index contributed by atoms with van der Waals surface area (Å²) >= 11 is 0. The molecule has 0 aliphatic carbocycles. The van der Waals surface area contributed by atoms with Crippen LogP contribution in [0.4, 0.5) is 11.5 Å². The number of ether oxygens (including phenoxy) is 1. The number of hydrogen-bond donors (Lipinski definition) is 1. The molecule has 1 aliphatic heterocycles. The average molecular weight is 467 g/mol. The standard InChI is InChI=1S/C24H26N4O4S/c1-27(21-5-3-2-4-6-21)33(30,31)22-9-7-20(8-10-22)24(29)26-18-19-11-12-25-23(17-19)28-13-15-32-16-14-28/h2-12,17H,13-16,18H2,1H3,(H,26,29). The zero-order valence-corrected chi connectivity index (χ0v) is 19.2. The average Bonchev–Trinajstić information content (AvgIpc) is 2.88. The minimum atomic E-state index is -3.72. The Bertz CT molecular complexity index is 1190. The van der Waals surface area contributed by atoms with Crippen molar-refractivity contribution in [3.63, 3.8) is 0 Å². The summed E-state index contributed by atoms with van der Waals surface area (Å²) in [5.41, 5.74) is 1.88. The lowest BCUT2D eigenvalue weighted by Gasteiger charge is -2.28. The smallest absolute Gasteiger partial charge is 0.264 e. The number of pyridine rings is 1. The number of carbonyl (C=O) groups excluding carboxylic acids is 1. The lowest BCUT2D eigenvalue weighted by atomic mass is 10.2. The fourth-order valence-electron chi connectivity index (χ4n) is 3.53. The van der Waals surface area contributed by atoms with Crippen molar-refractivity contribution < 1.29 is 17.9 Å². The van der Waals surface area contributed by atoms with E-state index in [2.05, 4.69) is 15.2 Å². The van der Waals surface area contributed by atoms with Gasteiger partial charge in [0.15, 0.2) is 0 Å². The van der Waals surface area contributed by atoms with E-state index in [9.17, 15) is 13.2 Å². The van der Waals surface area contributed by atoms with Crippen LogP contribution < -0.4 is 14.5 Å². The Morgan fingerprint density at radius 2 is 1.76 bits per heavy atom. The van der Waals surface area contributed by atoms with E-state index < -0.39 is 10.0 Å². The molecule has 1 aromatic heterocycles. The number of carbonyl (C=O) groups is 1. The first kappa shape index (κ1) is 22.8. The first-order chi connectivity index (χ1) is 15.9. The molecule has 1 saturated heterocycles. The van der Waals surface area contributed by atoms with Crippen LogP contribution in [0.15, 0.2) is 77.8 Å². The lowest BCUT2D eigenvalue weighted by molar-refractivity contribution is 0.0951. The van der Waals surface area contributed by atoms with Gasteiger partial charge in [0.2, 0.25) is 0 Å². The van der Waals surface area contributed by atoms with E-state index in [4.69, 9.17) is 4.74 Å². The molecule has 2 heterocycles. The SMILES string of the molecule is CN(c1ccccc1)S(=O)(=O)c1ccc(C(=O)NCc2ccnc(N3CCOCC3)c2)cc1. The van der Waals surface area contributed by atoms with Crippen molar-refractivity contribution in [2.75, 3.05) is 42.6 Å². The van der Waals surface area contributed by atoms with E-state index >= 15 is 0 Å². The summed E-state index contributed by atoms with van der Waals surface area (Å²) in [4.78, 5) is 19.3. The lowest BCUT2D eigenvalue weighted by Crippen LogP contribution is -2.36. The number of sulfonamides is 1. The maximum atomic E-state index is 12.9. The highest BCUT2D eigenvalue weighted by atomic mass is 32.2. The molecule has 0 spiro atoms. The van der Waals surface area contributed by atoms with Gasteiger partial charge >= 0.3 is 0 Å². The quantitative estimate of drug-likeness (QED) is 0.576. The molecule has 2 aromatic carbocycles. The minimum absolute atomic E-state index is 0.120. The molecule has 0 atom stereocenters. The van der Waals surface area contributed by atoms with E-state index in [0.29, 0.717) is 31.0 Å². The molecule has 3 aromatic rings. The summed E-state index contributed by atoms with van der Waals surface area (Å²) in [7, 11) is -2.22. The molecule has 1 fully saturated rings. The van der Waals surface area contributed by atoms with Crippen LogP contribution in [0.1, 0.15) is 15.9 Å². The van der Waals surface area contributed by atoms with Crippen molar-refractivity contribution in [1.82, 2.24) is 10.3 Å². The molecule has 4 rings (SSSR count). The largest absolute Gasteiger partial charge is 0.378 e. The van der Waals surface area contributed by atoms with Crippen LogP contribution in [0.25, 0.3) is 0 Å². The summed E-state index contributed by atoms with van der Waals surface area (Å²) in [5.74, 6) is 0.585. The van der Waals surface area contributed by atoms with Crippen LogP contribution in [-0.4, -0.2) is 52.7 Å². The predicted octanol–water partition coefficient (Wildman–Crippen LogP) is 2.67. The Hall–Kier alpha value is -3.43. The number of benzene rings is 2. The van der Waals surface area contributed by atoms with Gasteiger partial charge in [0.1, 0.15) is 5.82 Å². The van der Waals surface area contributed by atoms with E-state index in [0.717, 1.165) is 24.5 Å². The number of rotatable bonds is 7. The third-order valence-electron chi connectivity index (χ3n) is 5.49. The number of hydrogen-bond acceptors (Lipinski definition) is 6. The summed E-state index contributed by atoms with van der Waals surface area (Å²) in [6.45, 7) is 3.27. The van der Waals surface area contributed by atoms with Gasteiger partial charge in [-0.05, 0) is 54.1 Å². The maximum Gasteiger partial charge on any atom is 0.264 e. The van der Waals surface area contributed by atoms with Gasteiger partial charge in [-0.2, -0.15) is 0 Å². The highest BCUT2D eigenvalue weighted by molar-refractivity contribution is 7.92. The molecule has 0 saturated carbocycles. The Kier molecular flexibility index (Phi) is 6.90. The van der Waals surface area contributed by atoms with Gasteiger partial charge in [-0.3, -0.25) is 9.10 Å². The van der Waals surface area contributed by atoms with Gasteiger partial charge in [0.05, 0.1) is 23.8 Å². The number of amides is 1. The zero-order valence-electron chi connectivity index (χ0n) is 18.3. The van der Waals surface area contributed by atoms with Gasteiger partial charge in [-0.25, -0.2) is 13.4 Å². The summed E-state index contributed by atoms with van der Waals surface area (Å²) in [6.07, 6.45) is 1.73. The number of para-hydroxylation sites is 1. The van der Waals surface area contributed by atoms with Crippen molar-refractivity contribution >= 4 is 27.4 Å². The van der Waals surface area contributed by atoms with Crippen molar-refractivity contribution in [3.8, 4) is 0 Å². The Labute approximate surface area is 193 Å². The normalized spacial score (nSPS) is 14.0. The minimum Gasteiger partial charge on any atom is -0.378 e. The number of morpholine rings is 1. The van der Waals surface area contributed by atoms with Crippen molar-refractivity contribution in [2.24, 2.45) is 0 Å². The van der Waals surface area contributed by atoms with Crippen molar-refractivity contribution in [3.05, 3.63) is 84.1 Å². The van der Waals surface area contributed by atoms with Crippen molar-refractivity contribution in [2.45, 2.75) is 11.4 Å². The molecule has 9 heteroatoms. The third kappa shape index (κ3) is 5.32. The molecule has 0 radical (unpaired) electrons. The third-order valence-corrected chi connectivity index (χ3v) is 7.29.